The van der Waals surface area contributed by atoms with E-state index in [0.29, 0.717) is 23.3 Å². The molecule has 39 heavy (non-hydrogen) atoms. The molecule has 2 aromatic carbocycles. The summed E-state index contributed by atoms with van der Waals surface area (Å²) in [4.78, 5) is 17.1. The van der Waals surface area contributed by atoms with Crippen LogP contribution in [-0.2, 0) is 11.0 Å². The summed E-state index contributed by atoms with van der Waals surface area (Å²) in [5.74, 6) is 2.22. The summed E-state index contributed by atoms with van der Waals surface area (Å²) in [6.07, 6.45) is 0.215. The lowest BCUT2D eigenvalue weighted by atomic mass is 9.92. The highest BCUT2D eigenvalue weighted by atomic mass is 32.2. The number of carbonyl (C=O) groups is 1. The highest BCUT2D eigenvalue weighted by molar-refractivity contribution is 7.99. The van der Waals surface area contributed by atoms with Gasteiger partial charge in [-0.15, -0.1) is 0 Å². The third-order valence-electron chi connectivity index (χ3n) is 7.29. The lowest BCUT2D eigenvalue weighted by molar-refractivity contribution is -0.137. The van der Waals surface area contributed by atoms with Gasteiger partial charge in [-0.05, 0) is 66.3 Å². The molecule has 1 saturated heterocycles. The minimum Gasteiger partial charge on any atom is -0.369 e. The standard InChI is InChI=1S/C31H44F3N3OS/c1-23(2)27-13-10-14-28(24(3)4)30(27)35-29(38)22-39-20-8-6-5-7-15-36-16-18-37(19-17-36)26-12-9-11-25(21-26)31(32,33)34/h9-14,21,23-24H,5-8,15-20,22H2,1-4H3,(H,35,38). The molecule has 3 rings (SSSR count). The second-order valence-corrected chi connectivity index (χ2v) is 12.1. The van der Waals surface area contributed by atoms with Crippen molar-refractivity contribution >= 4 is 29.0 Å². The predicted octanol–water partition coefficient (Wildman–Crippen LogP) is 8.01. The van der Waals surface area contributed by atoms with Crippen LogP contribution in [0.25, 0.3) is 0 Å². The van der Waals surface area contributed by atoms with Gasteiger partial charge in [0.25, 0.3) is 0 Å². The third kappa shape index (κ3) is 9.75. The molecule has 4 nitrogen and oxygen atoms in total. The topological polar surface area (TPSA) is 35.6 Å². The molecule has 0 radical (unpaired) electrons. The van der Waals surface area contributed by atoms with Crippen LogP contribution in [0.15, 0.2) is 42.5 Å². The molecule has 0 spiro atoms. The summed E-state index contributed by atoms with van der Waals surface area (Å²) in [6, 6.07) is 11.9. The van der Waals surface area contributed by atoms with Gasteiger partial charge in [-0.2, -0.15) is 24.9 Å². The number of thioether (sulfide) groups is 1. The molecule has 1 amide bonds. The molecule has 0 bridgehead atoms. The Hall–Kier alpha value is -2.19. The van der Waals surface area contributed by atoms with Crippen molar-refractivity contribution in [3.05, 3.63) is 59.2 Å². The van der Waals surface area contributed by atoms with Gasteiger partial charge in [-0.1, -0.05) is 64.8 Å². The monoisotopic (exact) mass is 563 g/mol. The molecule has 1 N–H and O–H groups in total. The van der Waals surface area contributed by atoms with Crippen LogP contribution >= 0.6 is 11.8 Å². The van der Waals surface area contributed by atoms with Gasteiger partial charge in [-0.3, -0.25) is 9.69 Å². The molecule has 0 saturated carbocycles. The number of amides is 1. The fourth-order valence-electron chi connectivity index (χ4n) is 5.04. The number of para-hydroxylation sites is 1. The van der Waals surface area contributed by atoms with Crippen molar-refractivity contribution in [3.63, 3.8) is 0 Å². The Bertz CT molecular complexity index is 1020. The summed E-state index contributed by atoms with van der Waals surface area (Å²) in [6.45, 7) is 12.9. The summed E-state index contributed by atoms with van der Waals surface area (Å²) < 4.78 is 39.0. The molecular weight excluding hydrogens is 519 g/mol. The van der Waals surface area contributed by atoms with Crippen LogP contribution in [0, 0.1) is 0 Å². The third-order valence-corrected chi connectivity index (χ3v) is 8.34. The van der Waals surface area contributed by atoms with Crippen LogP contribution in [0.2, 0.25) is 0 Å². The quantitative estimate of drug-likeness (QED) is 0.251. The van der Waals surface area contributed by atoms with Gasteiger partial charge >= 0.3 is 6.18 Å². The van der Waals surface area contributed by atoms with E-state index in [0.717, 1.165) is 75.9 Å². The van der Waals surface area contributed by atoms with E-state index < -0.39 is 11.7 Å². The largest absolute Gasteiger partial charge is 0.416 e. The van der Waals surface area contributed by atoms with E-state index in [4.69, 9.17) is 0 Å². The lowest BCUT2D eigenvalue weighted by Crippen LogP contribution is -2.46. The molecule has 216 valence electrons. The molecule has 8 heteroatoms. The normalized spacial score (nSPS) is 14.8. The van der Waals surface area contributed by atoms with Crippen molar-refractivity contribution in [2.45, 2.75) is 71.4 Å². The molecule has 0 unspecified atom stereocenters. The van der Waals surface area contributed by atoms with Crippen molar-refractivity contribution < 1.29 is 18.0 Å². The molecule has 0 atom stereocenters. The van der Waals surface area contributed by atoms with Gasteiger partial charge in [0, 0.05) is 37.6 Å². The van der Waals surface area contributed by atoms with Gasteiger partial charge in [0.05, 0.1) is 11.3 Å². The number of nitrogens with zero attached hydrogens (tertiary/aromatic N) is 2. The average molecular weight is 564 g/mol. The zero-order chi connectivity index (χ0) is 28.4. The number of benzene rings is 2. The number of alkyl halides is 3. The smallest absolute Gasteiger partial charge is 0.369 e. The minimum absolute atomic E-state index is 0.0688. The first-order chi connectivity index (χ1) is 18.6. The van der Waals surface area contributed by atoms with Gasteiger partial charge in [-0.25, -0.2) is 0 Å². The predicted molar refractivity (Wildman–Crippen MR) is 159 cm³/mol. The van der Waals surface area contributed by atoms with Crippen molar-refractivity contribution in [1.82, 2.24) is 4.90 Å². The van der Waals surface area contributed by atoms with Crippen LogP contribution in [0.5, 0.6) is 0 Å². The number of hydrogen-bond acceptors (Lipinski definition) is 4. The number of anilines is 2. The molecule has 0 aliphatic carbocycles. The van der Waals surface area contributed by atoms with E-state index in [1.165, 1.54) is 23.3 Å². The number of nitrogens with one attached hydrogen (secondary N) is 1. The minimum atomic E-state index is -4.31. The number of halogens is 3. The first-order valence-corrected chi connectivity index (χ1v) is 15.4. The van der Waals surface area contributed by atoms with E-state index in [2.05, 4.69) is 56.1 Å². The first-order valence-electron chi connectivity index (χ1n) is 14.2. The number of carbonyl (C=O) groups excluding carboxylic acids is 1. The Labute approximate surface area is 236 Å². The van der Waals surface area contributed by atoms with E-state index in [9.17, 15) is 18.0 Å². The summed E-state index contributed by atoms with van der Waals surface area (Å²) in [5, 5.41) is 3.19. The van der Waals surface area contributed by atoms with Crippen LogP contribution in [-0.4, -0.2) is 55.0 Å². The highest BCUT2D eigenvalue weighted by Gasteiger charge is 2.31. The zero-order valence-electron chi connectivity index (χ0n) is 23.8. The Morgan fingerprint density at radius 2 is 1.51 bits per heavy atom. The molecule has 1 aliphatic rings. The number of piperazine rings is 1. The van der Waals surface area contributed by atoms with Crippen molar-refractivity contribution in [2.24, 2.45) is 0 Å². The maximum atomic E-state index is 13.0. The van der Waals surface area contributed by atoms with E-state index in [1.54, 1.807) is 17.8 Å². The molecule has 1 aliphatic heterocycles. The SMILES string of the molecule is CC(C)c1cccc(C(C)C)c1NC(=O)CSCCCCCCN1CCN(c2cccc(C(F)(F)F)c2)CC1. The van der Waals surface area contributed by atoms with E-state index >= 15 is 0 Å². The van der Waals surface area contributed by atoms with Crippen molar-refractivity contribution in [2.75, 3.05) is 54.4 Å². The van der Waals surface area contributed by atoms with Gasteiger partial charge in [0.15, 0.2) is 0 Å². The number of hydrogen-bond donors (Lipinski definition) is 1. The second kappa shape index (κ2) is 15.0. The van der Waals surface area contributed by atoms with Crippen molar-refractivity contribution in [1.29, 1.82) is 0 Å². The Kier molecular flexibility index (Phi) is 12.0. The number of unbranched alkanes of at least 4 members (excludes halogenated alkanes) is 3. The van der Waals surface area contributed by atoms with Gasteiger partial charge < -0.3 is 10.2 Å². The van der Waals surface area contributed by atoms with Gasteiger partial charge in [0.1, 0.15) is 0 Å². The maximum Gasteiger partial charge on any atom is 0.416 e. The first kappa shape index (κ1) is 31.3. The summed E-state index contributed by atoms with van der Waals surface area (Å²) in [5.41, 5.74) is 3.44. The second-order valence-electron chi connectivity index (χ2n) is 11.0. The zero-order valence-corrected chi connectivity index (χ0v) is 24.6. The highest BCUT2D eigenvalue weighted by Crippen LogP contribution is 2.33. The Balaban J connectivity index is 1.28. The Morgan fingerprint density at radius 1 is 0.897 bits per heavy atom. The fraction of sp³-hybridized carbons (Fsp3) is 0.581. The summed E-state index contributed by atoms with van der Waals surface area (Å²) in [7, 11) is 0. The van der Waals surface area contributed by atoms with Crippen LogP contribution in [0.4, 0.5) is 24.5 Å². The van der Waals surface area contributed by atoms with Gasteiger partial charge in [0.2, 0.25) is 5.91 Å². The van der Waals surface area contributed by atoms with Crippen molar-refractivity contribution in [3.8, 4) is 0 Å². The molecule has 0 aromatic heterocycles. The summed E-state index contributed by atoms with van der Waals surface area (Å²) >= 11 is 1.70. The molecule has 2 aromatic rings. The van der Waals surface area contributed by atoms with Crippen LogP contribution in [0.3, 0.4) is 0 Å². The fourth-order valence-corrected chi connectivity index (χ4v) is 5.85. The molecular formula is C31H44F3N3OS. The van der Waals surface area contributed by atoms with E-state index in [1.807, 2.05) is 4.90 Å². The Morgan fingerprint density at radius 3 is 2.13 bits per heavy atom. The van der Waals surface area contributed by atoms with E-state index in [-0.39, 0.29) is 5.91 Å². The maximum absolute atomic E-state index is 13.0. The lowest BCUT2D eigenvalue weighted by Gasteiger charge is -2.36. The van der Waals surface area contributed by atoms with Crippen LogP contribution < -0.4 is 10.2 Å². The molecule has 1 heterocycles. The number of rotatable bonds is 13. The van der Waals surface area contributed by atoms with Crippen LogP contribution in [0.1, 0.15) is 81.9 Å². The molecule has 1 fully saturated rings. The average Bonchev–Trinajstić information content (AvgIpc) is 2.90.